The van der Waals surface area contributed by atoms with E-state index < -0.39 is 0 Å². The van der Waals surface area contributed by atoms with Gasteiger partial charge in [-0.25, -0.2) is 4.79 Å². The van der Waals surface area contributed by atoms with Crippen LogP contribution >= 0.6 is 0 Å². The lowest BCUT2D eigenvalue weighted by Gasteiger charge is -2.10. The molecule has 0 saturated carbocycles. The lowest BCUT2D eigenvalue weighted by molar-refractivity contribution is -0.137. The van der Waals surface area contributed by atoms with E-state index >= 15 is 0 Å². The first kappa shape index (κ1) is 18.8. The molecule has 4 heteroatoms. The zero-order valence-electron chi connectivity index (χ0n) is 14.3. The summed E-state index contributed by atoms with van der Waals surface area (Å²) in [5.41, 5.74) is 3.29. The molecule has 0 aliphatic carbocycles. The molecule has 0 radical (unpaired) electrons. The van der Waals surface area contributed by atoms with Gasteiger partial charge in [0.1, 0.15) is 11.5 Å². The number of rotatable bonds is 7. The largest absolute Gasteiger partial charge is 0.508 e. The maximum Gasteiger partial charge on any atom is 0.330 e. The van der Waals surface area contributed by atoms with Gasteiger partial charge in [-0.05, 0) is 64.2 Å². The molecule has 0 amide bonds. The Balaban J connectivity index is 2.59. The second-order valence-corrected chi connectivity index (χ2v) is 5.60. The van der Waals surface area contributed by atoms with E-state index in [0.29, 0.717) is 29.7 Å². The van der Waals surface area contributed by atoms with Crippen LogP contribution in [0.4, 0.5) is 0 Å². The van der Waals surface area contributed by atoms with Crippen LogP contribution in [0.15, 0.2) is 29.9 Å². The summed E-state index contributed by atoms with van der Waals surface area (Å²) in [4.78, 5) is 11.2. The van der Waals surface area contributed by atoms with Gasteiger partial charge >= 0.3 is 5.97 Å². The van der Waals surface area contributed by atoms with Crippen molar-refractivity contribution in [2.75, 3.05) is 6.61 Å². The predicted molar refractivity (Wildman–Crippen MR) is 91.7 cm³/mol. The smallest absolute Gasteiger partial charge is 0.330 e. The van der Waals surface area contributed by atoms with Crippen molar-refractivity contribution in [1.82, 2.24) is 0 Å². The molecule has 23 heavy (non-hydrogen) atoms. The first-order valence-electron chi connectivity index (χ1n) is 7.86. The zero-order valence-corrected chi connectivity index (χ0v) is 14.3. The van der Waals surface area contributed by atoms with Gasteiger partial charge in [-0.3, -0.25) is 0 Å². The number of phenols is 2. The molecule has 0 aliphatic rings. The summed E-state index contributed by atoms with van der Waals surface area (Å²) in [6.45, 7) is 7.75. The summed E-state index contributed by atoms with van der Waals surface area (Å²) in [7, 11) is 0. The molecule has 0 bridgehead atoms. The molecule has 0 atom stereocenters. The Morgan fingerprint density at radius 3 is 2.61 bits per heavy atom. The molecule has 0 heterocycles. The lowest BCUT2D eigenvalue weighted by atomic mass is 9.99. The molecule has 126 valence electrons. The molecule has 0 fully saturated rings. The fourth-order valence-corrected chi connectivity index (χ4v) is 2.17. The van der Waals surface area contributed by atoms with Gasteiger partial charge in [0, 0.05) is 11.6 Å². The van der Waals surface area contributed by atoms with Gasteiger partial charge in [0.25, 0.3) is 0 Å². The van der Waals surface area contributed by atoms with Crippen molar-refractivity contribution >= 4 is 5.97 Å². The number of carbonyl (C=O) groups excluding carboxylic acids is 1. The first-order valence-corrected chi connectivity index (χ1v) is 7.86. The second-order valence-electron chi connectivity index (χ2n) is 5.60. The topological polar surface area (TPSA) is 66.8 Å². The van der Waals surface area contributed by atoms with E-state index in [4.69, 9.17) is 4.74 Å². The third-order valence-corrected chi connectivity index (χ3v) is 3.83. The maximum atomic E-state index is 11.2. The van der Waals surface area contributed by atoms with E-state index in [2.05, 4.69) is 0 Å². The maximum absolute atomic E-state index is 11.2. The van der Waals surface area contributed by atoms with Crippen molar-refractivity contribution in [3.63, 3.8) is 0 Å². The van der Waals surface area contributed by atoms with Crippen LogP contribution < -0.4 is 0 Å². The highest BCUT2D eigenvalue weighted by Crippen LogP contribution is 2.32. The minimum Gasteiger partial charge on any atom is -0.508 e. The first-order chi connectivity index (χ1) is 10.9. The van der Waals surface area contributed by atoms with E-state index in [0.717, 1.165) is 18.4 Å². The van der Waals surface area contributed by atoms with E-state index in [-0.39, 0.29) is 17.5 Å². The van der Waals surface area contributed by atoms with Gasteiger partial charge in [-0.2, -0.15) is 0 Å². The van der Waals surface area contributed by atoms with Gasteiger partial charge < -0.3 is 14.9 Å². The minimum atomic E-state index is -0.315. The third kappa shape index (κ3) is 5.81. The van der Waals surface area contributed by atoms with Crippen LogP contribution in [0.2, 0.25) is 0 Å². The lowest BCUT2D eigenvalue weighted by Crippen LogP contribution is -1.98. The van der Waals surface area contributed by atoms with Crippen molar-refractivity contribution < 1.29 is 19.7 Å². The Morgan fingerprint density at radius 2 is 1.96 bits per heavy atom. The SMILES string of the molecule is CCOC(=O)/C=C/CC/C(C)=C/Cc1cc(O)c(C)c(C)c1O. The van der Waals surface area contributed by atoms with Crippen molar-refractivity contribution in [2.24, 2.45) is 0 Å². The van der Waals surface area contributed by atoms with Gasteiger partial charge in [0.2, 0.25) is 0 Å². The standard InChI is InChI=1S/C19H26O4/c1-5-23-18(21)9-7-6-8-13(2)10-11-16-12-17(20)14(3)15(4)19(16)22/h7,9-10,12,20,22H,5-6,8,11H2,1-4H3/b9-7+,13-10+. The van der Waals surface area contributed by atoms with Crippen molar-refractivity contribution in [2.45, 2.75) is 47.0 Å². The summed E-state index contributed by atoms with van der Waals surface area (Å²) < 4.78 is 4.81. The molecule has 1 aromatic rings. The van der Waals surface area contributed by atoms with E-state index in [1.54, 1.807) is 32.9 Å². The average Bonchev–Trinajstić information content (AvgIpc) is 2.52. The predicted octanol–water partition coefficient (Wildman–Crippen LogP) is 4.10. The molecule has 0 aliphatic heterocycles. The Kier molecular flexibility index (Phi) is 7.39. The molecule has 0 unspecified atom stereocenters. The van der Waals surface area contributed by atoms with Crippen molar-refractivity contribution in [3.05, 3.63) is 46.6 Å². The molecule has 1 aromatic carbocycles. The van der Waals surface area contributed by atoms with E-state index in [1.807, 2.05) is 13.0 Å². The van der Waals surface area contributed by atoms with Crippen LogP contribution in [0.25, 0.3) is 0 Å². The fraction of sp³-hybridized carbons (Fsp3) is 0.421. The van der Waals surface area contributed by atoms with Gasteiger partial charge in [0.05, 0.1) is 6.61 Å². The Morgan fingerprint density at radius 1 is 1.26 bits per heavy atom. The third-order valence-electron chi connectivity index (χ3n) is 3.83. The van der Waals surface area contributed by atoms with Gasteiger partial charge in [-0.1, -0.05) is 17.7 Å². The Hall–Kier alpha value is -2.23. The normalized spacial score (nSPS) is 11.9. The highest BCUT2D eigenvalue weighted by Gasteiger charge is 2.10. The van der Waals surface area contributed by atoms with Crippen LogP contribution in [0.3, 0.4) is 0 Å². The number of ether oxygens (including phenoxy) is 1. The van der Waals surface area contributed by atoms with E-state index in [1.165, 1.54) is 6.08 Å². The summed E-state index contributed by atoms with van der Waals surface area (Å²) in [5, 5.41) is 20.0. The number of hydrogen-bond acceptors (Lipinski definition) is 4. The average molecular weight is 318 g/mol. The van der Waals surface area contributed by atoms with Crippen molar-refractivity contribution in [3.8, 4) is 11.5 Å². The monoisotopic (exact) mass is 318 g/mol. The number of aromatic hydroxyl groups is 2. The molecule has 0 aromatic heterocycles. The van der Waals surface area contributed by atoms with E-state index in [9.17, 15) is 15.0 Å². The molecule has 4 nitrogen and oxygen atoms in total. The summed E-state index contributed by atoms with van der Waals surface area (Å²) in [5.74, 6) is 0.134. The second kappa shape index (κ2) is 9.03. The molecule has 0 saturated heterocycles. The number of hydrogen-bond donors (Lipinski definition) is 2. The summed E-state index contributed by atoms with van der Waals surface area (Å²) >= 11 is 0. The Labute approximate surface area is 138 Å². The highest BCUT2D eigenvalue weighted by molar-refractivity contribution is 5.81. The fourth-order valence-electron chi connectivity index (χ4n) is 2.17. The van der Waals surface area contributed by atoms with Crippen LogP contribution in [0, 0.1) is 13.8 Å². The van der Waals surface area contributed by atoms with Crippen LogP contribution in [-0.2, 0) is 16.0 Å². The van der Waals surface area contributed by atoms with Crippen LogP contribution in [-0.4, -0.2) is 22.8 Å². The number of phenolic OH excluding ortho intramolecular Hbond substituents is 2. The zero-order chi connectivity index (χ0) is 17.4. The highest BCUT2D eigenvalue weighted by atomic mass is 16.5. The van der Waals surface area contributed by atoms with Gasteiger partial charge in [0.15, 0.2) is 0 Å². The quantitative estimate of drug-likeness (QED) is 0.344. The molecular formula is C19H26O4. The number of benzene rings is 1. The number of allylic oxidation sites excluding steroid dienone is 3. The summed E-state index contributed by atoms with van der Waals surface area (Å²) in [6, 6.07) is 1.61. The number of esters is 1. The molecule has 2 N–H and O–H groups in total. The number of carbonyl (C=O) groups is 1. The summed E-state index contributed by atoms with van der Waals surface area (Å²) in [6.07, 6.45) is 7.42. The molecule has 1 rings (SSSR count). The molecular weight excluding hydrogens is 292 g/mol. The van der Waals surface area contributed by atoms with Gasteiger partial charge in [-0.15, -0.1) is 0 Å². The van der Waals surface area contributed by atoms with Crippen LogP contribution in [0.1, 0.15) is 43.4 Å². The minimum absolute atomic E-state index is 0.207. The molecule has 0 spiro atoms. The van der Waals surface area contributed by atoms with Crippen LogP contribution in [0.5, 0.6) is 11.5 Å². The van der Waals surface area contributed by atoms with Crippen molar-refractivity contribution in [1.29, 1.82) is 0 Å². The Bertz CT molecular complexity index is 612.